The number of imidazole rings is 1. The second kappa shape index (κ2) is 17.6. The van der Waals surface area contributed by atoms with E-state index in [1.807, 2.05) is 6.07 Å². The maximum absolute atomic E-state index is 13.7. The number of nitrogens with one attached hydrogen (secondary N) is 2. The van der Waals surface area contributed by atoms with Crippen molar-refractivity contribution >= 4 is 28.7 Å². The molecule has 0 bridgehead atoms. The van der Waals surface area contributed by atoms with Crippen LogP contribution in [-0.4, -0.2) is 107 Å². The second-order valence-electron chi connectivity index (χ2n) is 13.3. The Morgan fingerprint density at radius 3 is 2.58 bits per heavy atom. The van der Waals surface area contributed by atoms with E-state index in [0.29, 0.717) is 43.9 Å². The lowest BCUT2D eigenvalue weighted by Crippen LogP contribution is -2.45. The van der Waals surface area contributed by atoms with Gasteiger partial charge in [0.1, 0.15) is 12.1 Å². The molecule has 3 N–H and O–H groups in total. The quantitative estimate of drug-likeness (QED) is 0.144. The normalized spacial score (nSPS) is 16.9. The Kier molecular flexibility index (Phi) is 13.6. The summed E-state index contributed by atoms with van der Waals surface area (Å²) in [6.45, 7) is 8.24. The van der Waals surface area contributed by atoms with Crippen LogP contribution in [0, 0.1) is 17.8 Å². The number of nitrogens with zero attached hydrogens (tertiary/aromatic N) is 4. The maximum atomic E-state index is 13.7. The van der Waals surface area contributed by atoms with Gasteiger partial charge in [-0.05, 0) is 77.2 Å². The van der Waals surface area contributed by atoms with Gasteiger partial charge >= 0.3 is 18.2 Å². The molecule has 1 amide bonds. The fraction of sp³-hybridized carbons (Fsp3) is 0.571. The van der Waals surface area contributed by atoms with Crippen molar-refractivity contribution in [3.8, 4) is 11.8 Å². The first kappa shape index (κ1) is 38.5. The number of carbonyl (C=O) groups excluding carboxylic acids is 1. The number of amides is 1. The number of benzene rings is 1. The number of piperidine rings is 1. The number of likely N-dealkylation sites (tertiary alicyclic amines) is 1. The summed E-state index contributed by atoms with van der Waals surface area (Å²) in [6.07, 6.45) is -0.224. The number of alkyl carbamates (subject to hydrolysis) is 1. The first-order chi connectivity index (χ1) is 23.7. The monoisotopic (exact) mass is 704 g/mol. The van der Waals surface area contributed by atoms with E-state index in [0.717, 1.165) is 31.6 Å². The van der Waals surface area contributed by atoms with Gasteiger partial charge in [-0.15, -0.1) is 0 Å². The number of anilines is 1. The first-order valence-electron chi connectivity index (χ1n) is 16.7. The molecule has 3 heterocycles. The number of aromatic carboxylic acids is 1. The molecular weight excluding hydrogens is 657 g/mol. The molecular formula is C35H47F3N6O6. The van der Waals surface area contributed by atoms with Crippen LogP contribution in [0.1, 0.15) is 56.2 Å². The standard InChI is InChI=1S/C35H47F3N6O6/c1-34(2,3)50-33(47)39-13-6-5-8-26-20-27-29(9-7-10-31(27)44(26)23-35(36,37)38)41-28-11-14-42(4)21-25(28)12-16-48-18-19-49-17-15-43-22-30(32(45)46)40-24-43/h7,9-10,20,22,24-25,28,41H,6,11-19,21,23H2,1-4H3,(H,39,47)(H,45,46). The Hall–Kier alpha value is -4.26. The minimum atomic E-state index is -4.44. The van der Waals surface area contributed by atoms with Crippen LogP contribution in [0.5, 0.6) is 0 Å². The fourth-order valence-electron chi connectivity index (χ4n) is 5.77. The Morgan fingerprint density at radius 1 is 1.12 bits per heavy atom. The molecule has 274 valence electrons. The van der Waals surface area contributed by atoms with E-state index < -0.39 is 30.4 Å². The van der Waals surface area contributed by atoms with Gasteiger partial charge in [0.25, 0.3) is 0 Å². The highest BCUT2D eigenvalue weighted by Crippen LogP contribution is 2.32. The van der Waals surface area contributed by atoms with Crippen molar-refractivity contribution in [1.29, 1.82) is 0 Å². The molecule has 1 aliphatic heterocycles. The molecule has 4 rings (SSSR count). The summed E-state index contributed by atoms with van der Waals surface area (Å²) in [5.74, 6) is 4.95. The number of carboxylic acids is 1. The summed E-state index contributed by atoms with van der Waals surface area (Å²) in [4.78, 5) is 28.9. The highest BCUT2D eigenvalue weighted by Gasteiger charge is 2.31. The van der Waals surface area contributed by atoms with Crippen molar-refractivity contribution in [1.82, 2.24) is 24.3 Å². The molecule has 2 atom stereocenters. The molecule has 1 fully saturated rings. The Bertz CT molecular complexity index is 1640. The van der Waals surface area contributed by atoms with Gasteiger partial charge in [0, 0.05) is 56.0 Å². The predicted octanol–water partition coefficient (Wildman–Crippen LogP) is 5.22. The summed E-state index contributed by atoms with van der Waals surface area (Å²) in [7, 11) is 2.07. The number of carboxylic acid groups (broad SMARTS) is 1. The Balaban J connectivity index is 1.34. The Morgan fingerprint density at radius 2 is 1.88 bits per heavy atom. The van der Waals surface area contributed by atoms with Gasteiger partial charge in [-0.1, -0.05) is 12.0 Å². The number of hydrogen-bond acceptors (Lipinski definition) is 8. The van der Waals surface area contributed by atoms with E-state index in [1.165, 1.54) is 17.1 Å². The van der Waals surface area contributed by atoms with Crippen LogP contribution in [0.25, 0.3) is 10.9 Å². The predicted molar refractivity (Wildman–Crippen MR) is 182 cm³/mol. The maximum Gasteiger partial charge on any atom is 0.407 e. The van der Waals surface area contributed by atoms with Crippen molar-refractivity contribution in [2.75, 3.05) is 58.4 Å². The third-order valence-corrected chi connectivity index (χ3v) is 8.05. The number of aromatic nitrogens is 3. The van der Waals surface area contributed by atoms with Crippen molar-refractivity contribution in [2.45, 2.75) is 70.9 Å². The van der Waals surface area contributed by atoms with Crippen molar-refractivity contribution in [3.63, 3.8) is 0 Å². The lowest BCUT2D eigenvalue weighted by atomic mass is 9.89. The third-order valence-electron chi connectivity index (χ3n) is 8.05. The minimum Gasteiger partial charge on any atom is -0.476 e. The van der Waals surface area contributed by atoms with Gasteiger partial charge in [-0.2, -0.15) is 13.2 Å². The van der Waals surface area contributed by atoms with Gasteiger partial charge in [0.15, 0.2) is 5.69 Å². The van der Waals surface area contributed by atoms with Crippen molar-refractivity contribution < 1.29 is 42.1 Å². The van der Waals surface area contributed by atoms with Crippen LogP contribution < -0.4 is 10.6 Å². The van der Waals surface area contributed by atoms with E-state index in [4.69, 9.17) is 19.3 Å². The van der Waals surface area contributed by atoms with Gasteiger partial charge in [0.05, 0.1) is 37.4 Å². The molecule has 1 aliphatic rings. The molecule has 2 aromatic heterocycles. The summed E-state index contributed by atoms with van der Waals surface area (Å²) in [5.41, 5.74) is 0.781. The molecule has 0 saturated carbocycles. The van der Waals surface area contributed by atoms with Gasteiger partial charge < -0.3 is 44.0 Å². The van der Waals surface area contributed by atoms with Gasteiger partial charge in [-0.3, -0.25) is 0 Å². The largest absolute Gasteiger partial charge is 0.476 e. The average molecular weight is 705 g/mol. The zero-order valence-electron chi connectivity index (χ0n) is 29.0. The van der Waals surface area contributed by atoms with E-state index in [2.05, 4.69) is 39.4 Å². The topological polar surface area (TPSA) is 132 Å². The Labute approximate surface area is 290 Å². The number of alkyl halides is 3. The third kappa shape index (κ3) is 12.3. The molecule has 2 unspecified atom stereocenters. The van der Waals surface area contributed by atoms with Crippen LogP contribution in [-0.2, 0) is 27.3 Å². The number of rotatable bonds is 15. The number of carbonyl (C=O) groups is 2. The van der Waals surface area contributed by atoms with E-state index >= 15 is 0 Å². The molecule has 1 aromatic carbocycles. The van der Waals surface area contributed by atoms with E-state index in [1.54, 1.807) is 43.5 Å². The summed E-state index contributed by atoms with van der Waals surface area (Å²) in [6, 6.07) is 7.10. The number of halogens is 3. The molecule has 0 radical (unpaired) electrons. The van der Waals surface area contributed by atoms with Gasteiger partial charge in [0.2, 0.25) is 0 Å². The summed E-state index contributed by atoms with van der Waals surface area (Å²) < 4.78 is 60.6. The lowest BCUT2D eigenvalue weighted by molar-refractivity contribution is -0.140. The summed E-state index contributed by atoms with van der Waals surface area (Å²) in [5, 5.41) is 15.9. The first-order valence-corrected chi connectivity index (χ1v) is 16.7. The smallest absolute Gasteiger partial charge is 0.407 e. The molecule has 1 saturated heterocycles. The van der Waals surface area contributed by atoms with Crippen LogP contribution in [0.3, 0.4) is 0 Å². The molecule has 15 heteroatoms. The molecule has 50 heavy (non-hydrogen) atoms. The highest BCUT2D eigenvalue weighted by atomic mass is 19.4. The zero-order chi connectivity index (χ0) is 36.3. The highest BCUT2D eigenvalue weighted by molar-refractivity contribution is 5.94. The van der Waals surface area contributed by atoms with Crippen molar-refractivity contribution in [2.24, 2.45) is 5.92 Å². The van der Waals surface area contributed by atoms with E-state index in [9.17, 15) is 22.8 Å². The lowest BCUT2D eigenvalue weighted by Gasteiger charge is -2.38. The van der Waals surface area contributed by atoms with Gasteiger partial charge in [-0.25, -0.2) is 14.6 Å². The average Bonchev–Trinajstić information content (AvgIpc) is 3.63. The molecule has 12 nitrogen and oxygen atoms in total. The minimum absolute atomic E-state index is 0.0109. The van der Waals surface area contributed by atoms with E-state index in [-0.39, 0.29) is 36.3 Å². The second-order valence-corrected chi connectivity index (χ2v) is 13.3. The van der Waals surface area contributed by atoms with Crippen LogP contribution >= 0.6 is 0 Å². The zero-order valence-corrected chi connectivity index (χ0v) is 29.0. The number of fused-ring (bicyclic) bond motifs is 1. The molecule has 0 spiro atoms. The number of ether oxygens (including phenoxy) is 3. The molecule has 3 aromatic rings. The van der Waals surface area contributed by atoms with Crippen LogP contribution in [0.2, 0.25) is 0 Å². The van der Waals surface area contributed by atoms with Crippen molar-refractivity contribution in [3.05, 3.63) is 48.2 Å². The van der Waals surface area contributed by atoms with Crippen LogP contribution in [0.4, 0.5) is 23.7 Å². The summed E-state index contributed by atoms with van der Waals surface area (Å²) >= 11 is 0. The van der Waals surface area contributed by atoms with Crippen LogP contribution in [0.15, 0.2) is 36.8 Å². The number of hydrogen-bond donors (Lipinski definition) is 3. The fourth-order valence-corrected chi connectivity index (χ4v) is 5.77. The SMILES string of the molecule is CN1CCC(Nc2cccc3c2cc(C#CCCNC(=O)OC(C)(C)C)n3CC(F)(F)F)C(CCOCCOCCn2cnc(C(=O)O)c2)C1. The molecule has 0 aliphatic carbocycles.